The van der Waals surface area contributed by atoms with Gasteiger partial charge in [0.25, 0.3) is 5.69 Å². The largest absolute Gasteiger partial charge is 0.375 e. The van der Waals surface area contributed by atoms with E-state index in [2.05, 4.69) is 21.2 Å². The third-order valence-corrected chi connectivity index (χ3v) is 4.30. The number of nitro groups is 1. The fraction of sp³-hybridized carbons (Fsp3) is 0.0909. The van der Waals surface area contributed by atoms with Crippen molar-refractivity contribution in [1.29, 1.82) is 0 Å². The second-order valence-electron chi connectivity index (χ2n) is 3.63. The first-order valence-electron chi connectivity index (χ1n) is 5.07. The second kappa shape index (κ2) is 5.85. The summed E-state index contributed by atoms with van der Waals surface area (Å²) in [5.41, 5.74) is -0.140. The SMILES string of the molecule is O=[N+]([O-])c1cc(F)c(Cl)cc1NCc1cc(Br)cs1. The van der Waals surface area contributed by atoms with Crippen LogP contribution in [0.1, 0.15) is 4.88 Å². The molecule has 8 heteroatoms. The number of rotatable bonds is 4. The summed E-state index contributed by atoms with van der Waals surface area (Å²) in [6, 6.07) is 3.93. The van der Waals surface area contributed by atoms with Crippen LogP contribution in [0, 0.1) is 15.9 Å². The predicted molar refractivity (Wildman–Crippen MR) is 77.4 cm³/mol. The number of nitro benzene ring substituents is 1. The Morgan fingerprint density at radius 1 is 1.47 bits per heavy atom. The molecule has 1 N–H and O–H groups in total. The number of halogens is 3. The van der Waals surface area contributed by atoms with Gasteiger partial charge in [0, 0.05) is 21.3 Å². The number of benzene rings is 1. The van der Waals surface area contributed by atoms with Crippen LogP contribution in [0.25, 0.3) is 0 Å². The Morgan fingerprint density at radius 2 is 2.21 bits per heavy atom. The zero-order chi connectivity index (χ0) is 14.0. The normalized spacial score (nSPS) is 10.5. The Hall–Kier alpha value is -1.18. The Balaban J connectivity index is 2.23. The summed E-state index contributed by atoms with van der Waals surface area (Å²) < 4.78 is 14.2. The molecule has 0 amide bonds. The highest BCUT2D eigenvalue weighted by Crippen LogP contribution is 2.31. The highest BCUT2D eigenvalue weighted by Gasteiger charge is 2.17. The van der Waals surface area contributed by atoms with Crippen LogP contribution in [0.15, 0.2) is 28.1 Å². The second-order valence-corrected chi connectivity index (χ2v) is 5.94. The standard InChI is InChI=1S/C11H7BrClFN2O2S/c12-6-1-7(19-5-6)4-15-10-2-8(13)9(14)3-11(10)16(17)18/h1-3,5,15H,4H2. The molecule has 0 unspecified atom stereocenters. The quantitative estimate of drug-likeness (QED) is 0.624. The maximum atomic E-state index is 13.2. The van der Waals surface area contributed by atoms with E-state index >= 15 is 0 Å². The van der Waals surface area contributed by atoms with Crippen LogP contribution in [0.3, 0.4) is 0 Å². The lowest BCUT2D eigenvalue weighted by Gasteiger charge is -2.06. The molecule has 0 aliphatic rings. The molecule has 0 fully saturated rings. The Kier molecular flexibility index (Phi) is 4.38. The molecule has 1 aromatic carbocycles. The van der Waals surface area contributed by atoms with Crippen molar-refractivity contribution in [2.75, 3.05) is 5.32 Å². The lowest BCUT2D eigenvalue weighted by atomic mass is 10.2. The van der Waals surface area contributed by atoms with Crippen LogP contribution in [-0.2, 0) is 6.54 Å². The number of nitrogens with zero attached hydrogens (tertiary/aromatic N) is 1. The van der Waals surface area contributed by atoms with Gasteiger partial charge in [0.15, 0.2) is 0 Å². The lowest BCUT2D eigenvalue weighted by Crippen LogP contribution is -2.02. The third-order valence-electron chi connectivity index (χ3n) is 2.31. The summed E-state index contributed by atoms with van der Waals surface area (Å²) >= 11 is 10.5. The van der Waals surface area contributed by atoms with Gasteiger partial charge in [0.05, 0.1) is 16.0 Å². The fourth-order valence-corrected chi connectivity index (χ4v) is 3.01. The van der Waals surface area contributed by atoms with Crippen molar-refractivity contribution in [2.24, 2.45) is 0 Å². The van der Waals surface area contributed by atoms with Crippen molar-refractivity contribution in [3.63, 3.8) is 0 Å². The van der Waals surface area contributed by atoms with Crippen molar-refractivity contribution >= 4 is 50.2 Å². The summed E-state index contributed by atoms with van der Waals surface area (Å²) in [5, 5.41) is 15.5. The van der Waals surface area contributed by atoms with E-state index in [1.165, 1.54) is 17.4 Å². The van der Waals surface area contributed by atoms with E-state index in [1.807, 2.05) is 11.4 Å². The van der Waals surface area contributed by atoms with Gasteiger partial charge < -0.3 is 5.32 Å². The van der Waals surface area contributed by atoms with Crippen molar-refractivity contribution in [3.05, 3.63) is 53.9 Å². The molecule has 1 aromatic heterocycles. The Labute approximate surface area is 125 Å². The molecule has 100 valence electrons. The van der Waals surface area contributed by atoms with Crippen LogP contribution >= 0.6 is 38.9 Å². The van der Waals surface area contributed by atoms with E-state index in [-0.39, 0.29) is 16.4 Å². The number of thiophene rings is 1. The summed E-state index contributed by atoms with van der Waals surface area (Å²) in [5.74, 6) is -0.808. The van der Waals surface area contributed by atoms with Gasteiger partial charge >= 0.3 is 0 Å². The molecule has 2 rings (SSSR count). The number of anilines is 1. The number of hydrogen-bond acceptors (Lipinski definition) is 4. The maximum absolute atomic E-state index is 13.2. The van der Waals surface area contributed by atoms with E-state index in [0.717, 1.165) is 15.4 Å². The van der Waals surface area contributed by atoms with Crippen LogP contribution in [-0.4, -0.2) is 4.92 Å². The summed E-state index contributed by atoms with van der Waals surface area (Å²) in [7, 11) is 0. The van der Waals surface area contributed by atoms with E-state index in [4.69, 9.17) is 11.6 Å². The van der Waals surface area contributed by atoms with Gasteiger partial charge in [-0.1, -0.05) is 11.6 Å². The summed E-state index contributed by atoms with van der Waals surface area (Å²) in [4.78, 5) is 11.2. The maximum Gasteiger partial charge on any atom is 0.295 e. The smallest absolute Gasteiger partial charge is 0.295 e. The zero-order valence-electron chi connectivity index (χ0n) is 9.32. The van der Waals surface area contributed by atoms with E-state index in [1.54, 1.807) is 0 Å². The molecule has 0 saturated carbocycles. The van der Waals surface area contributed by atoms with Crippen LogP contribution in [0.4, 0.5) is 15.8 Å². The molecule has 2 aromatic rings. The molecule has 0 saturated heterocycles. The minimum Gasteiger partial charge on any atom is -0.375 e. The highest BCUT2D eigenvalue weighted by atomic mass is 79.9. The minimum absolute atomic E-state index is 0.152. The van der Waals surface area contributed by atoms with Crippen molar-refractivity contribution < 1.29 is 9.31 Å². The molecular formula is C11H7BrClFN2O2S. The fourth-order valence-electron chi connectivity index (χ4n) is 1.46. The first kappa shape index (κ1) is 14.2. The Morgan fingerprint density at radius 3 is 2.79 bits per heavy atom. The molecule has 0 radical (unpaired) electrons. The number of hydrogen-bond donors (Lipinski definition) is 1. The van der Waals surface area contributed by atoms with E-state index in [9.17, 15) is 14.5 Å². The van der Waals surface area contributed by atoms with Crippen molar-refractivity contribution in [3.8, 4) is 0 Å². The molecule has 0 aliphatic heterocycles. The molecule has 0 spiro atoms. The van der Waals surface area contributed by atoms with Gasteiger partial charge in [0.2, 0.25) is 0 Å². The monoisotopic (exact) mass is 364 g/mol. The molecule has 1 heterocycles. The average Bonchev–Trinajstić information content (AvgIpc) is 2.76. The summed E-state index contributed by atoms with van der Waals surface area (Å²) in [6.07, 6.45) is 0. The van der Waals surface area contributed by atoms with Crippen molar-refractivity contribution in [1.82, 2.24) is 0 Å². The molecule has 19 heavy (non-hydrogen) atoms. The van der Waals surface area contributed by atoms with Gasteiger partial charge in [-0.2, -0.15) is 0 Å². The predicted octanol–water partition coefficient (Wildman–Crippen LogP) is 4.82. The third kappa shape index (κ3) is 3.43. The number of nitrogens with one attached hydrogen (secondary N) is 1. The molecular weight excluding hydrogens is 359 g/mol. The minimum atomic E-state index is -0.808. The van der Waals surface area contributed by atoms with Gasteiger partial charge in [-0.25, -0.2) is 4.39 Å². The van der Waals surface area contributed by atoms with Crippen molar-refractivity contribution in [2.45, 2.75) is 6.54 Å². The van der Waals surface area contributed by atoms with Gasteiger partial charge in [0.1, 0.15) is 11.5 Å². The lowest BCUT2D eigenvalue weighted by molar-refractivity contribution is -0.384. The van der Waals surface area contributed by atoms with Gasteiger partial charge in [-0.15, -0.1) is 11.3 Å². The van der Waals surface area contributed by atoms with E-state index < -0.39 is 10.7 Å². The molecule has 0 atom stereocenters. The van der Waals surface area contributed by atoms with Crippen LogP contribution in [0.2, 0.25) is 5.02 Å². The van der Waals surface area contributed by atoms with Gasteiger partial charge in [-0.05, 0) is 28.1 Å². The first-order chi connectivity index (χ1) is 8.97. The zero-order valence-corrected chi connectivity index (χ0v) is 12.5. The average molecular weight is 366 g/mol. The Bertz CT molecular complexity index is 635. The van der Waals surface area contributed by atoms with Crippen LogP contribution in [0.5, 0.6) is 0 Å². The molecule has 0 bridgehead atoms. The molecule has 4 nitrogen and oxygen atoms in total. The first-order valence-corrected chi connectivity index (χ1v) is 7.12. The van der Waals surface area contributed by atoms with Crippen LogP contribution < -0.4 is 5.32 Å². The summed E-state index contributed by atoms with van der Waals surface area (Å²) in [6.45, 7) is 0.402. The topological polar surface area (TPSA) is 55.2 Å². The molecule has 0 aliphatic carbocycles. The highest BCUT2D eigenvalue weighted by molar-refractivity contribution is 9.10. The van der Waals surface area contributed by atoms with E-state index in [0.29, 0.717) is 6.54 Å². The van der Waals surface area contributed by atoms with Gasteiger partial charge in [-0.3, -0.25) is 10.1 Å².